The fraction of sp³-hybridized carbons (Fsp3) is 0.391. The van der Waals surface area contributed by atoms with Crippen molar-refractivity contribution in [3.63, 3.8) is 0 Å². The monoisotopic (exact) mass is 422 g/mol. The minimum absolute atomic E-state index is 0.120. The Kier molecular flexibility index (Phi) is 7.98. The quantitative estimate of drug-likeness (QED) is 0.458. The molecule has 0 aliphatic heterocycles. The third-order valence-electron chi connectivity index (χ3n) is 4.73. The molecule has 0 aliphatic rings. The van der Waals surface area contributed by atoms with Crippen LogP contribution in [0.15, 0.2) is 42.7 Å². The maximum absolute atomic E-state index is 12.3. The van der Waals surface area contributed by atoms with Crippen LogP contribution in [0.5, 0.6) is 5.75 Å². The first-order chi connectivity index (χ1) is 15.1. The van der Waals surface area contributed by atoms with Crippen molar-refractivity contribution < 1.29 is 9.53 Å². The van der Waals surface area contributed by atoms with Crippen LogP contribution in [0.3, 0.4) is 0 Å². The zero-order valence-corrected chi connectivity index (χ0v) is 18.4. The van der Waals surface area contributed by atoms with Gasteiger partial charge < -0.3 is 15.4 Å². The Morgan fingerprint density at radius 3 is 2.58 bits per heavy atom. The van der Waals surface area contributed by atoms with Crippen LogP contribution in [-0.4, -0.2) is 45.4 Å². The Hall–Kier alpha value is -3.42. The molecule has 2 heterocycles. The summed E-state index contributed by atoms with van der Waals surface area (Å²) in [6.45, 7) is 7.80. The van der Waals surface area contributed by atoms with Crippen molar-refractivity contribution in [3.8, 4) is 11.6 Å². The molecular weight excluding hydrogens is 392 g/mol. The van der Waals surface area contributed by atoms with E-state index in [-0.39, 0.29) is 5.91 Å². The first-order valence-corrected chi connectivity index (χ1v) is 10.7. The molecule has 0 saturated heterocycles. The molecule has 1 amide bonds. The van der Waals surface area contributed by atoms with Crippen LogP contribution in [0.4, 0.5) is 5.82 Å². The normalized spacial score (nSPS) is 10.7. The van der Waals surface area contributed by atoms with Gasteiger partial charge in [-0.3, -0.25) is 4.79 Å². The van der Waals surface area contributed by atoms with Gasteiger partial charge in [-0.15, -0.1) is 0 Å². The van der Waals surface area contributed by atoms with Gasteiger partial charge in [-0.05, 0) is 50.6 Å². The van der Waals surface area contributed by atoms with Gasteiger partial charge >= 0.3 is 0 Å². The lowest BCUT2D eigenvalue weighted by atomic mass is 10.2. The summed E-state index contributed by atoms with van der Waals surface area (Å²) in [4.78, 5) is 20.8. The van der Waals surface area contributed by atoms with Crippen LogP contribution in [0.25, 0.3) is 5.82 Å². The number of carbonyl (C=O) groups is 1. The average molecular weight is 423 g/mol. The zero-order chi connectivity index (χ0) is 22.1. The second-order valence-corrected chi connectivity index (χ2v) is 7.36. The highest BCUT2D eigenvalue weighted by atomic mass is 16.5. The van der Waals surface area contributed by atoms with Crippen molar-refractivity contribution in [1.29, 1.82) is 0 Å². The number of benzene rings is 1. The molecule has 0 radical (unpaired) electrons. The lowest BCUT2D eigenvalue weighted by molar-refractivity contribution is 0.0955. The van der Waals surface area contributed by atoms with Gasteiger partial charge in [0.1, 0.15) is 17.9 Å². The van der Waals surface area contributed by atoms with Crippen molar-refractivity contribution in [3.05, 3.63) is 59.7 Å². The number of carbonyl (C=O) groups excluding carboxylic acids is 1. The van der Waals surface area contributed by atoms with Crippen LogP contribution in [-0.2, 0) is 0 Å². The topological polar surface area (TPSA) is 94.0 Å². The number of amides is 1. The van der Waals surface area contributed by atoms with E-state index in [0.717, 1.165) is 30.0 Å². The van der Waals surface area contributed by atoms with Gasteiger partial charge in [0, 0.05) is 30.4 Å². The number of rotatable bonds is 11. The smallest absolute Gasteiger partial charge is 0.251 e. The summed E-state index contributed by atoms with van der Waals surface area (Å²) in [5.41, 5.74) is 2.55. The lowest BCUT2D eigenvalue weighted by Gasteiger charge is -2.10. The molecule has 31 heavy (non-hydrogen) atoms. The fourth-order valence-corrected chi connectivity index (χ4v) is 3.13. The number of unbranched alkanes of at least 4 members (excludes halogenated alkanes) is 2. The lowest BCUT2D eigenvalue weighted by Crippen LogP contribution is -2.28. The Balaban J connectivity index is 1.44. The Labute approximate surface area is 183 Å². The third-order valence-corrected chi connectivity index (χ3v) is 4.73. The first kappa shape index (κ1) is 22.3. The number of ether oxygens (including phenoxy) is 1. The summed E-state index contributed by atoms with van der Waals surface area (Å²) < 4.78 is 7.46. The number of nitrogens with one attached hydrogen (secondary N) is 2. The van der Waals surface area contributed by atoms with Crippen molar-refractivity contribution in [2.45, 2.75) is 40.0 Å². The zero-order valence-electron chi connectivity index (χ0n) is 18.4. The van der Waals surface area contributed by atoms with Crippen LogP contribution in [0.1, 0.15) is 47.9 Å². The van der Waals surface area contributed by atoms with Crippen molar-refractivity contribution in [2.75, 3.05) is 25.0 Å². The number of nitrogens with zero attached hydrogens (tertiary/aromatic N) is 4. The van der Waals surface area contributed by atoms with E-state index in [1.165, 1.54) is 12.7 Å². The van der Waals surface area contributed by atoms with Crippen molar-refractivity contribution >= 4 is 11.7 Å². The number of hydrogen-bond acceptors (Lipinski definition) is 6. The predicted octanol–water partition coefficient (Wildman–Crippen LogP) is 3.69. The molecule has 2 aromatic heterocycles. The minimum atomic E-state index is -0.120. The summed E-state index contributed by atoms with van der Waals surface area (Å²) in [5, 5.41) is 10.5. The van der Waals surface area contributed by atoms with E-state index >= 15 is 0 Å². The van der Waals surface area contributed by atoms with Crippen LogP contribution >= 0.6 is 0 Å². The van der Waals surface area contributed by atoms with E-state index in [9.17, 15) is 4.79 Å². The maximum atomic E-state index is 12.3. The van der Waals surface area contributed by atoms with E-state index < -0.39 is 0 Å². The molecule has 0 aliphatic carbocycles. The SMILES string of the molecule is CCCCCOc1ccc(C(=O)NCCNc2cc(-n3nc(C)cc3C)ncn2)cc1. The largest absolute Gasteiger partial charge is 0.494 e. The fourth-order valence-electron chi connectivity index (χ4n) is 3.13. The number of aryl methyl sites for hydroxylation is 2. The van der Waals surface area contributed by atoms with Crippen LogP contribution < -0.4 is 15.4 Å². The Morgan fingerprint density at radius 2 is 1.87 bits per heavy atom. The maximum Gasteiger partial charge on any atom is 0.251 e. The molecule has 0 unspecified atom stereocenters. The number of anilines is 1. The second-order valence-electron chi connectivity index (χ2n) is 7.36. The molecule has 164 valence electrons. The molecule has 0 spiro atoms. The molecule has 0 bridgehead atoms. The first-order valence-electron chi connectivity index (χ1n) is 10.7. The minimum Gasteiger partial charge on any atom is -0.494 e. The average Bonchev–Trinajstić information content (AvgIpc) is 3.12. The van der Waals surface area contributed by atoms with Crippen molar-refractivity contribution in [2.24, 2.45) is 0 Å². The summed E-state index contributed by atoms with van der Waals surface area (Å²) in [5.74, 6) is 2.04. The van der Waals surface area contributed by atoms with Gasteiger partial charge in [0.25, 0.3) is 5.91 Å². The molecule has 0 atom stereocenters. The number of hydrogen-bond donors (Lipinski definition) is 2. The second kappa shape index (κ2) is 11.1. The molecular formula is C23H30N6O2. The van der Waals surface area contributed by atoms with Gasteiger partial charge in [0.15, 0.2) is 5.82 Å². The molecule has 1 aromatic carbocycles. The van der Waals surface area contributed by atoms with Crippen LogP contribution in [0.2, 0.25) is 0 Å². The highest BCUT2D eigenvalue weighted by Crippen LogP contribution is 2.14. The summed E-state index contributed by atoms with van der Waals surface area (Å²) in [6, 6.07) is 11.1. The predicted molar refractivity (Wildman–Crippen MR) is 121 cm³/mol. The summed E-state index contributed by atoms with van der Waals surface area (Å²) in [7, 11) is 0. The van der Waals surface area contributed by atoms with Gasteiger partial charge in [-0.25, -0.2) is 14.6 Å². The molecule has 3 rings (SSSR count). The molecule has 2 N–H and O–H groups in total. The highest BCUT2D eigenvalue weighted by molar-refractivity contribution is 5.94. The third kappa shape index (κ3) is 6.53. The molecule has 3 aromatic rings. The Bertz CT molecular complexity index is 984. The van der Waals surface area contributed by atoms with E-state index in [1.807, 2.05) is 38.1 Å². The molecule has 0 saturated carbocycles. The highest BCUT2D eigenvalue weighted by Gasteiger charge is 2.07. The van der Waals surface area contributed by atoms with E-state index in [4.69, 9.17) is 4.74 Å². The van der Waals surface area contributed by atoms with Gasteiger partial charge in [0.05, 0.1) is 12.3 Å². The molecule has 8 heteroatoms. The van der Waals surface area contributed by atoms with Gasteiger partial charge in [-0.1, -0.05) is 19.8 Å². The van der Waals surface area contributed by atoms with Crippen molar-refractivity contribution in [1.82, 2.24) is 25.1 Å². The standard InChI is InChI=1S/C23H30N6O2/c1-4-5-6-13-31-20-9-7-19(8-10-20)23(30)25-12-11-24-21-15-22(27-16-26-21)29-18(3)14-17(2)28-29/h7-10,14-16H,4-6,11-13H2,1-3H3,(H,25,30)(H,24,26,27). The Morgan fingerprint density at radius 1 is 1.06 bits per heavy atom. The summed E-state index contributed by atoms with van der Waals surface area (Å²) >= 11 is 0. The molecule has 8 nitrogen and oxygen atoms in total. The summed E-state index contributed by atoms with van der Waals surface area (Å²) in [6.07, 6.45) is 4.87. The molecule has 0 fully saturated rings. The van der Waals surface area contributed by atoms with Gasteiger partial charge in [-0.2, -0.15) is 5.10 Å². The number of aromatic nitrogens is 4. The van der Waals surface area contributed by atoms with Gasteiger partial charge in [0.2, 0.25) is 0 Å². The van der Waals surface area contributed by atoms with E-state index in [0.29, 0.717) is 36.9 Å². The van der Waals surface area contributed by atoms with Crippen LogP contribution in [0, 0.1) is 13.8 Å². The van der Waals surface area contributed by atoms with E-state index in [2.05, 4.69) is 32.6 Å². The van der Waals surface area contributed by atoms with E-state index in [1.54, 1.807) is 16.8 Å².